The lowest BCUT2D eigenvalue weighted by molar-refractivity contribution is 0.0392. The van der Waals surface area contributed by atoms with Gasteiger partial charge in [-0.05, 0) is 19.1 Å². The molecule has 0 saturated heterocycles. The lowest BCUT2D eigenvalue weighted by atomic mass is 10.4. The quantitative estimate of drug-likeness (QED) is 0.624. The number of thiophene rings is 1. The predicted molar refractivity (Wildman–Crippen MR) is 77.3 cm³/mol. The van der Waals surface area contributed by atoms with E-state index in [1.54, 1.807) is 14.0 Å². The van der Waals surface area contributed by atoms with Crippen LogP contribution in [0.4, 0.5) is 0 Å². The highest BCUT2D eigenvalue weighted by atomic mass is 35.5. The van der Waals surface area contributed by atoms with Crippen molar-refractivity contribution in [3.63, 3.8) is 0 Å². The molecule has 0 radical (unpaired) electrons. The molecule has 0 unspecified atom stereocenters. The third-order valence-electron chi connectivity index (χ3n) is 2.29. The molecular weight excluding hydrogens is 306 g/mol. The summed E-state index contributed by atoms with van der Waals surface area (Å²) in [6.45, 7) is 2.42. The highest BCUT2D eigenvalue weighted by Crippen LogP contribution is 2.35. The Morgan fingerprint density at radius 1 is 1.37 bits per heavy atom. The first-order valence-electron chi connectivity index (χ1n) is 5.51. The van der Waals surface area contributed by atoms with Gasteiger partial charge in [0.05, 0.1) is 21.5 Å². The van der Waals surface area contributed by atoms with Gasteiger partial charge in [0.15, 0.2) is 0 Å². The molecule has 0 fully saturated rings. The number of halogens is 1. The van der Waals surface area contributed by atoms with Crippen LogP contribution in [0.2, 0.25) is 4.34 Å². The molecule has 0 amide bonds. The summed E-state index contributed by atoms with van der Waals surface area (Å²) in [6.07, 6.45) is 0. The number of aromatic nitrogens is 1. The number of carbonyl (C=O) groups excluding carboxylic acids is 1. The predicted octanol–water partition coefficient (Wildman–Crippen LogP) is 3.64. The second-order valence-electron chi connectivity index (χ2n) is 3.67. The van der Waals surface area contributed by atoms with Crippen LogP contribution in [-0.4, -0.2) is 31.3 Å². The zero-order chi connectivity index (χ0) is 13.8. The van der Waals surface area contributed by atoms with E-state index in [1.165, 1.54) is 22.7 Å². The molecule has 0 aliphatic heterocycles. The summed E-state index contributed by atoms with van der Waals surface area (Å²) in [6, 6.07) is 3.71. The monoisotopic (exact) mass is 317 g/mol. The SMILES string of the molecule is COCCOC(=O)c1sc(-c2ccc(Cl)s2)nc1C. The van der Waals surface area contributed by atoms with Crippen LogP contribution in [0, 0.1) is 6.92 Å². The van der Waals surface area contributed by atoms with Gasteiger partial charge in [-0.25, -0.2) is 9.78 Å². The van der Waals surface area contributed by atoms with Crippen LogP contribution in [-0.2, 0) is 9.47 Å². The van der Waals surface area contributed by atoms with E-state index in [0.29, 0.717) is 21.5 Å². The number of methoxy groups -OCH3 is 1. The average Bonchev–Trinajstić information content (AvgIpc) is 2.95. The maximum absolute atomic E-state index is 11.9. The van der Waals surface area contributed by atoms with Gasteiger partial charge in [-0.15, -0.1) is 22.7 Å². The number of ether oxygens (including phenoxy) is 2. The van der Waals surface area contributed by atoms with E-state index in [1.807, 2.05) is 12.1 Å². The molecule has 0 bridgehead atoms. The van der Waals surface area contributed by atoms with Crippen molar-refractivity contribution in [2.45, 2.75) is 6.92 Å². The van der Waals surface area contributed by atoms with Crippen molar-refractivity contribution in [2.24, 2.45) is 0 Å². The Kier molecular flexibility index (Phi) is 4.93. The van der Waals surface area contributed by atoms with Gasteiger partial charge >= 0.3 is 5.97 Å². The second kappa shape index (κ2) is 6.47. The number of carbonyl (C=O) groups is 1. The van der Waals surface area contributed by atoms with Crippen molar-refractivity contribution in [3.8, 4) is 9.88 Å². The molecule has 0 N–H and O–H groups in total. The van der Waals surface area contributed by atoms with E-state index in [2.05, 4.69) is 4.98 Å². The fourth-order valence-electron chi connectivity index (χ4n) is 1.40. The van der Waals surface area contributed by atoms with E-state index >= 15 is 0 Å². The van der Waals surface area contributed by atoms with Crippen molar-refractivity contribution >= 4 is 40.2 Å². The minimum absolute atomic E-state index is 0.243. The zero-order valence-electron chi connectivity index (χ0n) is 10.4. The van der Waals surface area contributed by atoms with Crippen LogP contribution in [0.1, 0.15) is 15.4 Å². The summed E-state index contributed by atoms with van der Waals surface area (Å²) in [5.74, 6) is -0.360. The van der Waals surface area contributed by atoms with Crippen molar-refractivity contribution in [3.05, 3.63) is 27.0 Å². The molecule has 0 aromatic carbocycles. The van der Waals surface area contributed by atoms with Gasteiger partial charge in [-0.2, -0.15) is 0 Å². The van der Waals surface area contributed by atoms with Crippen molar-refractivity contribution < 1.29 is 14.3 Å². The fraction of sp³-hybridized carbons (Fsp3) is 0.333. The molecule has 0 aliphatic rings. The molecule has 19 heavy (non-hydrogen) atoms. The van der Waals surface area contributed by atoms with Gasteiger partial charge in [0.25, 0.3) is 0 Å². The molecule has 0 saturated carbocycles. The van der Waals surface area contributed by atoms with Crippen molar-refractivity contribution in [1.82, 2.24) is 4.98 Å². The normalized spacial score (nSPS) is 10.7. The third-order valence-corrected chi connectivity index (χ3v) is 4.82. The Bertz CT molecular complexity index is 579. The summed E-state index contributed by atoms with van der Waals surface area (Å²) in [5, 5.41) is 0.785. The Balaban J connectivity index is 2.14. The van der Waals surface area contributed by atoms with Gasteiger partial charge in [0.1, 0.15) is 16.5 Å². The van der Waals surface area contributed by atoms with E-state index in [4.69, 9.17) is 21.1 Å². The van der Waals surface area contributed by atoms with E-state index in [-0.39, 0.29) is 12.6 Å². The molecule has 4 nitrogen and oxygen atoms in total. The van der Waals surface area contributed by atoms with E-state index in [9.17, 15) is 4.79 Å². The lowest BCUT2D eigenvalue weighted by Gasteiger charge is -2.01. The van der Waals surface area contributed by atoms with Crippen molar-refractivity contribution in [1.29, 1.82) is 0 Å². The molecule has 2 aromatic rings. The van der Waals surface area contributed by atoms with Crippen molar-refractivity contribution in [2.75, 3.05) is 20.3 Å². The first kappa shape index (κ1) is 14.5. The van der Waals surface area contributed by atoms with Crippen LogP contribution in [0.15, 0.2) is 12.1 Å². The fourth-order valence-corrected chi connectivity index (χ4v) is 3.46. The highest BCUT2D eigenvalue weighted by Gasteiger charge is 2.18. The third kappa shape index (κ3) is 3.54. The maximum Gasteiger partial charge on any atom is 0.350 e. The topological polar surface area (TPSA) is 48.4 Å². The zero-order valence-corrected chi connectivity index (χ0v) is 12.8. The summed E-state index contributed by atoms with van der Waals surface area (Å²) >= 11 is 8.65. The van der Waals surface area contributed by atoms with Gasteiger partial charge in [0, 0.05) is 7.11 Å². The number of rotatable bonds is 5. The van der Waals surface area contributed by atoms with Crippen LogP contribution in [0.25, 0.3) is 9.88 Å². The summed E-state index contributed by atoms with van der Waals surface area (Å²) in [4.78, 5) is 17.7. The second-order valence-corrected chi connectivity index (χ2v) is 6.38. The molecule has 2 rings (SSSR count). The number of esters is 1. The summed E-state index contributed by atoms with van der Waals surface area (Å²) < 4.78 is 10.6. The van der Waals surface area contributed by atoms with E-state index < -0.39 is 0 Å². The van der Waals surface area contributed by atoms with Gasteiger partial charge in [-0.3, -0.25) is 0 Å². The molecule has 7 heteroatoms. The summed E-state index contributed by atoms with van der Waals surface area (Å²) in [7, 11) is 1.56. The van der Waals surface area contributed by atoms with Gasteiger partial charge in [-0.1, -0.05) is 11.6 Å². The number of hydrogen-bond acceptors (Lipinski definition) is 6. The number of thiazole rings is 1. The van der Waals surface area contributed by atoms with Crippen LogP contribution in [0.3, 0.4) is 0 Å². The molecule has 0 spiro atoms. The van der Waals surface area contributed by atoms with Crippen LogP contribution in [0.5, 0.6) is 0 Å². The Hall–Kier alpha value is -0.950. The molecule has 0 aliphatic carbocycles. The maximum atomic E-state index is 11.9. The van der Waals surface area contributed by atoms with Gasteiger partial charge < -0.3 is 9.47 Å². The smallest absolute Gasteiger partial charge is 0.350 e. The largest absolute Gasteiger partial charge is 0.459 e. The minimum Gasteiger partial charge on any atom is -0.459 e. The lowest BCUT2D eigenvalue weighted by Crippen LogP contribution is -2.09. The Morgan fingerprint density at radius 2 is 2.16 bits per heavy atom. The van der Waals surface area contributed by atoms with E-state index in [0.717, 1.165) is 9.88 Å². The standard InChI is InChI=1S/C12H12ClNO3S2/c1-7-10(12(15)17-6-5-16-2)19-11(14-7)8-3-4-9(13)18-8/h3-4H,5-6H2,1-2H3. The summed E-state index contributed by atoms with van der Waals surface area (Å²) in [5.41, 5.74) is 0.673. The Labute approximate surface area is 124 Å². The molecule has 2 heterocycles. The molecule has 102 valence electrons. The number of aryl methyl sites for hydroxylation is 1. The first-order chi connectivity index (χ1) is 9.11. The van der Waals surface area contributed by atoms with Crippen LogP contribution < -0.4 is 0 Å². The number of nitrogens with zero attached hydrogens (tertiary/aromatic N) is 1. The van der Waals surface area contributed by atoms with Gasteiger partial charge in [0.2, 0.25) is 0 Å². The Morgan fingerprint density at radius 3 is 2.79 bits per heavy atom. The minimum atomic E-state index is -0.360. The molecular formula is C12H12ClNO3S2. The molecule has 2 aromatic heterocycles. The highest BCUT2D eigenvalue weighted by molar-refractivity contribution is 7.24. The first-order valence-corrected chi connectivity index (χ1v) is 7.52. The molecule has 0 atom stereocenters. The van der Waals surface area contributed by atoms with Crippen LogP contribution >= 0.6 is 34.3 Å². The number of hydrogen-bond donors (Lipinski definition) is 0. The average molecular weight is 318 g/mol.